The van der Waals surface area contributed by atoms with Gasteiger partial charge < -0.3 is 5.32 Å². The van der Waals surface area contributed by atoms with Gasteiger partial charge in [0.15, 0.2) is 0 Å². The Morgan fingerprint density at radius 1 is 1.38 bits per heavy atom. The summed E-state index contributed by atoms with van der Waals surface area (Å²) in [5.41, 5.74) is 1.22. The molecule has 1 aromatic rings. The van der Waals surface area contributed by atoms with Gasteiger partial charge in [-0.25, -0.2) is 0 Å². The molecular formula is C15H24ClN3O2. The highest BCUT2D eigenvalue weighted by atomic mass is 35.5. The Hall–Kier alpha value is -1.17. The highest BCUT2D eigenvalue weighted by Crippen LogP contribution is 2.22. The van der Waals surface area contributed by atoms with Gasteiger partial charge in [0.2, 0.25) is 0 Å². The van der Waals surface area contributed by atoms with E-state index in [1.807, 2.05) is 13.1 Å². The number of likely N-dealkylation sites (tertiary alicyclic amines) is 1. The fraction of sp³-hybridized carbons (Fsp3) is 0.600. The Kier molecular flexibility index (Phi) is 7.64. The molecule has 1 aromatic carbocycles. The van der Waals surface area contributed by atoms with Crippen LogP contribution in [0.15, 0.2) is 24.3 Å². The average Bonchev–Trinajstić information content (AvgIpc) is 2.47. The van der Waals surface area contributed by atoms with E-state index in [2.05, 4.69) is 10.2 Å². The Bertz CT molecular complexity index is 448. The molecule has 1 saturated heterocycles. The normalized spacial score (nSPS) is 16.4. The number of nitro groups is 1. The molecule has 0 atom stereocenters. The summed E-state index contributed by atoms with van der Waals surface area (Å²) in [7, 11) is 2.00. The molecule has 1 fully saturated rings. The maximum Gasteiger partial charge on any atom is 0.269 e. The van der Waals surface area contributed by atoms with Crippen molar-refractivity contribution in [3.8, 4) is 0 Å². The van der Waals surface area contributed by atoms with Gasteiger partial charge >= 0.3 is 0 Å². The minimum atomic E-state index is -0.326. The molecule has 1 aliphatic heterocycles. The molecule has 0 aromatic heterocycles. The van der Waals surface area contributed by atoms with Gasteiger partial charge in [-0.1, -0.05) is 12.1 Å². The number of halogens is 1. The second kappa shape index (κ2) is 8.97. The Balaban J connectivity index is 0.00000220. The largest absolute Gasteiger partial charge is 0.320 e. The van der Waals surface area contributed by atoms with Crippen molar-refractivity contribution in [1.29, 1.82) is 0 Å². The Morgan fingerprint density at radius 2 is 2.10 bits per heavy atom. The lowest BCUT2D eigenvalue weighted by Crippen LogP contribution is -2.34. The number of nitro benzene ring substituents is 1. The standard InChI is InChI=1S/C15H23N3O2.ClH/c1-16-8-5-13-6-9-17(10-7-13)12-14-3-2-4-15(11-14)18(19)20;/h2-4,11,13,16H,5-10,12H2,1H3;1H. The van der Waals surface area contributed by atoms with Crippen molar-refractivity contribution in [2.45, 2.75) is 25.8 Å². The third kappa shape index (κ3) is 5.61. The minimum absolute atomic E-state index is 0. The third-order valence-electron chi connectivity index (χ3n) is 4.04. The van der Waals surface area contributed by atoms with E-state index in [9.17, 15) is 10.1 Å². The first-order chi connectivity index (χ1) is 9.69. The van der Waals surface area contributed by atoms with Crippen molar-refractivity contribution in [3.63, 3.8) is 0 Å². The maximum absolute atomic E-state index is 10.8. The molecular weight excluding hydrogens is 290 g/mol. The van der Waals surface area contributed by atoms with Crippen LogP contribution in [0, 0.1) is 16.0 Å². The van der Waals surface area contributed by atoms with Gasteiger partial charge in [-0.05, 0) is 57.4 Å². The quantitative estimate of drug-likeness (QED) is 0.648. The molecule has 0 radical (unpaired) electrons. The van der Waals surface area contributed by atoms with E-state index >= 15 is 0 Å². The molecule has 5 nitrogen and oxygen atoms in total. The first-order valence-corrected chi connectivity index (χ1v) is 7.29. The van der Waals surface area contributed by atoms with Crippen LogP contribution in [0.25, 0.3) is 0 Å². The van der Waals surface area contributed by atoms with Crippen LogP contribution in [0.1, 0.15) is 24.8 Å². The van der Waals surface area contributed by atoms with Crippen molar-refractivity contribution in [2.24, 2.45) is 5.92 Å². The predicted octanol–water partition coefficient (Wildman–Crippen LogP) is 2.84. The van der Waals surface area contributed by atoms with Crippen molar-refractivity contribution in [1.82, 2.24) is 10.2 Å². The Labute approximate surface area is 132 Å². The second-order valence-corrected chi connectivity index (χ2v) is 5.54. The highest BCUT2D eigenvalue weighted by Gasteiger charge is 2.19. The lowest BCUT2D eigenvalue weighted by atomic mass is 9.93. The van der Waals surface area contributed by atoms with Gasteiger partial charge in [-0.3, -0.25) is 15.0 Å². The summed E-state index contributed by atoms with van der Waals surface area (Å²) in [6.45, 7) is 4.10. The van der Waals surface area contributed by atoms with Crippen LogP contribution >= 0.6 is 12.4 Å². The second-order valence-electron chi connectivity index (χ2n) is 5.54. The van der Waals surface area contributed by atoms with Crippen molar-refractivity contribution >= 4 is 18.1 Å². The summed E-state index contributed by atoms with van der Waals surface area (Å²) in [6.07, 6.45) is 3.72. The number of rotatable bonds is 6. The average molecular weight is 314 g/mol. The first-order valence-electron chi connectivity index (χ1n) is 7.29. The molecule has 1 aliphatic rings. The molecule has 0 saturated carbocycles. The van der Waals surface area contributed by atoms with Crippen LogP contribution in [-0.2, 0) is 6.54 Å². The van der Waals surface area contributed by atoms with Crippen LogP contribution in [0.3, 0.4) is 0 Å². The van der Waals surface area contributed by atoms with Crippen molar-refractivity contribution in [3.05, 3.63) is 39.9 Å². The van der Waals surface area contributed by atoms with Gasteiger partial charge in [0.25, 0.3) is 5.69 Å². The summed E-state index contributed by atoms with van der Waals surface area (Å²) in [5, 5.41) is 14.0. The SMILES string of the molecule is CNCCC1CCN(Cc2cccc([N+](=O)[O-])c2)CC1.Cl. The zero-order valence-corrected chi connectivity index (χ0v) is 13.3. The Morgan fingerprint density at radius 3 is 2.71 bits per heavy atom. The number of nitrogens with one attached hydrogen (secondary N) is 1. The number of hydrogen-bond donors (Lipinski definition) is 1. The minimum Gasteiger partial charge on any atom is -0.320 e. The van der Waals surface area contributed by atoms with Gasteiger partial charge in [0, 0.05) is 18.7 Å². The van der Waals surface area contributed by atoms with Gasteiger partial charge in [0.05, 0.1) is 4.92 Å². The van der Waals surface area contributed by atoms with Crippen LogP contribution < -0.4 is 5.32 Å². The van der Waals surface area contributed by atoms with Crippen molar-refractivity contribution < 1.29 is 4.92 Å². The molecule has 0 bridgehead atoms. The molecule has 0 amide bonds. The van der Waals surface area contributed by atoms with Crippen molar-refractivity contribution in [2.75, 3.05) is 26.7 Å². The van der Waals surface area contributed by atoms with Gasteiger partial charge in [0.1, 0.15) is 0 Å². The molecule has 1 heterocycles. The molecule has 118 valence electrons. The molecule has 2 rings (SSSR count). The maximum atomic E-state index is 10.8. The van der Waals surface area contributed by atoms with Crippen LogP contribution in [-0.4, -0.2) is 36.5 Å². The summed E-state index contributed by atoms with van der Waals surface area (Å²) in [6, 6.07) is 6.98. The van der Waals surface area contributed by atoms with Gasteiger partial charge in [-0.15, -0.1) is 12.4 Å². The van der Waals surface area contributed by atoms with E-state index in [1.165, 1.54) is 19.3 Å². The highest BCUT2D eigenvalue weighted by molar-refractivity contribution is 5.85. The zero-order valence-electron chi connectivity index (χ0n) is 12.5. The molecule has 0 aliphatic carbocycles. The lowest BCUT2D eigenvalue weighted by molar-refractivity contribution is -0.384. The van der Waals surface area contributed by atoms with Crippen LogP contribution in [0.4, 0.5) is 5.69 Å². The van der Waals surface area contributed by atoms with Gasteiger partial charge in [-0.2, -0.15) is 0 Å². The number of benzene rings is 1. The fourth-order valence-corrected chi connectivity index (χ4v) is 2.81. The smallest absolute Gasteiger partial charge is 0.269 e. The number of non-ortho nitro benzene ring substituents is 1. The topological polar surface area (TPSA) is 58.4 Å². The zero-order chi connectivity index (χ0) is 14.4. The number of nitrogens with zero attached hydrogens (tertiary/aromatic N) is 2. The summed E-state index contributed by atoms with van der Waals surface area (Å²) in [4.78, 5) is 12.8. The third-order valence-corrected chi connectivity index (χ3v) is 4.04. The van der Waals surface area contributed by atoms with E-state index < -0.39 is 0 Å². The number of hydrogen-bond acceptors (Lipinski definition) is 4. The molecule has 6 heteroatoms. The van der Waals surface area contributed by atoms with E-state index in [4.69, 9.17) is 0 Å². The van der Waals surface area contributed by atoms with Crippen LogP contribution in [0.2, 0.25) is 0 Å². The summed E-state index contributed by atoms with van der Waals surface area (Å²) < 4.78 is 0. The summed E-state index contributed by atoms with van der Waals surface area (Å²) >= 11 is 0. The monoisotopic (exact) mass is 313 g/mol. The first kappa shape index (κ1) is 17.9. The number of piperidine rings is 1. The molecule has 0 unspecified atom stereocenters. The summed E-state index contributed by atoms with van der Waals surface area (Å²) in [5.74, 6) is 0.823. The molecule has 1 N–H and O–H groups in total. The van der Waals surface area contributed by atoms with E-state index in [-0.39, 0.29) is 23.0 Å². The molecule has 0 spiro atoms. The van der Waals surface area contributed by atoms with E-state index in [0.29, 0.717) is 0 Å². The fourth-order valence-electron chi connectivity index (χ4n) is 2.81. The lowest BCUT2D eigenvalue weighted by Gasteiger charge is -2.32. The van der Waals surface area contributed by atoms with E-state index in [0.717, 1.165) is 37.7 Å². The molecule has 21 heavy (non-hydrogen) atoms. The van der Waals surface area contributed by atoms with Crippen LogP contribution in [0.5, 0.6) is 0 Å². The predicted molar refractivity (Wildman–Crippen MR) is 86.9 cm³/mol. The van der Waals surface area contributed by atoms with E-state index in [1.54, 1.807) is 18.2 Å².